The minimum absolute atomic E-state index is 0.206. The summed E-state index contributed by atoms with van der Waals surface area (Å²) in [6.07, 6.45) is 0.435. The Labute approximate surface area is 146 Å². The van der Waals surface area contributed by atoms with Crippen molar-refractivity contribution in [2.75, 3.05) is 18.2 Å². The minimum atomic E-state index is -3.27. The second-order valence-electron chi connectivity index (χ2n) is 5.38. The minimum Gasteiger partial charge on any atom is -0.481 e. The van der Waals surface area contributed by atoms with E-state index in [2.05, 4.69) is 0 Å². The number of hydrogen-bond donors (Lipinski definition) is 0. The molecule has 0 aromatic heterocycles. The van der Waals surface area contributed by atoms with Gasteiger partial charge in [-0.15, -0.1) is 0 Å². The predicted molar refractivity (Wildman–Crippen MR) is 94.5 cm³/mol. The van der Waals surface area contributed by atoms with Crippen LogP contribution < -0.4 is 9.64 Å². The van der Waals surface area contributed by atoms with Crippen LogP contribution in [0, 0.1) is 0 Å². The lowest BCUT2D eigenvalue weighted by molar-refractivity contribution is -0.124. The SMILES string of the molecule is CC(Oc1ccc(Cl)cc1)C(=O)N(C)c1ccc(S(C)(=O)=O)cc1. The zero-order valence-corrected chi connectivity index (χ0v) is 15.1. The lowest BCUT2D eigenvalue weighted by Gasteiger charge is -2.22. The first-order valence-corrected chi connectivity index (χ1v) is 9.45. The summed E-state index contributed by atoms with van der Waals surface area (Å²) in [6.45, 7) is 1.65. The van der Waals surface area contributed by atoms with E-state index < -0.39 is 15.9 Å². The van der Waals surface area contributed by atoms with Crippen molar-refractivity contribution in [3.05, 3.63) is 53.6 Å². The van der Waals surface area contributed by atoms with Gasteiger partial charge in [-0.2, -0.15) is 0 Å². The van der Waals surface area contributed by atoms with Gasteiger partial charge in [0.15, 0.2) is 15.9 Å². The molecular weight excluding hydrogens is 350 g/mol. The van der Waals surface area contributed by atoms with E-state index in [9.17, 15) is 13.2 Å². The van der Waals surface area contributed by atoms with Gasteiger partial charge in [0.05, 0.1) is 4.90 Å². The molecule has 1 amide bonds. The summed E-state index contributed by atoms with van der Waals surface area (Å²) in [6, 6.07) is 12.9. The molecule has 1 atom stereocenters. The summed E-state index contributed by atoms with van der Waals surface area (Å²) >= 11 is 5.81. The average Bonchev–Trinajstić information content (AvgIpc) is 2.55. The molecule has 7 heteroatoms. The Kier molecular flexibility index (Phi) is 5.51. The number of amides is 1. The van der Waals surface area contributed by atoms with Crippen LogP contribution in [0.5, 0.6) is 5.75 Å². The Balaban J connectivity index is 2.09. The number of rotatable bonds is 5. The zero-order valence-electron chi connectivity index (χ0n) is 13.6. The largest absolute Gasteiger partial charge is 0.481 e. The molecule has 0 saturated heterocycles. The molecule has 0 saturated carbocycles. The highest BCUT2D eigenvalue weighted by molar-refractivity contribution is 7.90. The van der Waals surface area contributed by atoms with Gasteiger partial charge in [-0.1, -0.05) is 11.6 Å². The smallest absolute Gasteiger partial charge is 0.267 e. The highest BCUT2D eigenvalue weighted by Gasteiger charge is 2.20. The van der Waals surface area contributed by atoms with Gasteiger partial charge in [-0.25, -0.2) is 8.42 Å². The van der Waals surface area contributed by atoms with Crippen molar-refractivity contribution in [3.8, 4) is 5.75 Å². The highest BCUT2D eigenvalue weighted by atomic mass is 35.5. The van der Waals surface area contributed by atoms with Crippen molar-refractivity contribution >= 4 is 33.0 Å². The lowest BCUT2D eigenvalue weighted by atomic mass is 10.2. The fourth-order valence-electron chi connectivity index (χ4n) is 2.08. The van der Waals surface area contributed by atoms with E-state index in [0.717, 1.165) is 6.26 Å². The molecule has 0 N–H and O–H groups in total. The Morgan fingerprint density at radius 1 is 1.08 bits per heavy atom. The standard InChI is InChI=1S/C17H18ClNO4S/c1-12(23-15-8-4-13(18)5-9-15)17(20)19(2)14-6-10-16(11-7-14)24(3,21)22/h4-12H,1-3H3. The number of halogens is 1. The summed E-state index contributed by atoms with van der Waals surface area (Å²) < 4.78 is 28.6. The second kappa shape index (κ2) is 7.23. The van der Waals surface area contributed by atoms with E-state index in [1.54, 1.807) is 50.4 Å². The van der Waals surface area contributed by atoms with E-state index in [-0.39, 0.29) is 10.8 Å². The predicted octanol–water partition coefficient (Wildman–Crippen LogP) is 3.17. The molecular formula is C17H18ClNO4S. The number of benzene rings is 2. The molecule has 0 radical (unpaired) electrons. The second-order valence-corrected chi connectivity index (χ2v) is 7.83. The molecule has 2 rings (SSSR count). The van der Waals surface area contributed by atoms with E-state index in [1.807, 2.05) is 0 Å². The van der Waals surface area contributed by atoms with E-state index in [1.165, 1.54) is 17.0 Å². The Bertz CT molecular complexity index is 817. The molecule has 24 heavy (non-hydrogen) atoms. The Morgan fingerprint density at radius 2 is 1.62 bits per heavy atom. The van der Waals surface area contributed by atoms with Crippen molar-refractivity contribution in [1.29, 1.82) is 0 Å². The van der Waals surface area contributed by atoms with Crippen LogP contribution >= 0.6 is 11.6 Å². The van der Waals surface area contributed by atoms with E-state index in [4.69, 9.17) is 16.3 Å². The maximum atomic E-state index is 12.5. The fraction of sp³-hybridized carbons (Fsp3) is 0.235. The lowest BCUT2D eigenvalue weighted by Crippen LogP contribution is -2.38. The van der Waals surface area contributed by atoms with Gasteiger partial charge < -0.3 is 9.64 Å². The first-order chi connectivity index (χ1) is 11.2. The van der Waals surface area contributed by atoms with Gasteiger partial charge in [0, 0.05) is 24.0 Å². The highest BCUT2D eigenvalue weighted by Crippen LogP contribution is 2.20. The first-order valence-electron chi connectivity index (χ1n) is 7.18. The molecule has 1 unspecified atom stereocenters. The van der Waals surface area contributed by atoms with Gasteiger partial charge in [0.2, 0.25) is 0 Å². The van der Waals surface area contributed by atoms with Crippen molar-refractivity contribution in [1.82, 2.24) is 0 Å². The van der Waals surface area contributed by atoms with Crippen molar-refractivity contribution < 1.29 is 17.9 Å². The Hall–Kier alpha value is -2.05. The zero-order chi connectivity index (χ0) is 17.9. The van der Waals surface area contributed by atoms with Crippen molar-refractivity contribution in [2.24, 2.45) is 0 Å². The van der Waals surface area contributed by atoms with E-state index >= 15 is 0 Å². The Morgan fingerprint density at radius 3 is 2.12 bits per heavy atom. The summed E-state index contributed by atoms with van der Waals surface area (Å²) in [7, 11) is -1.65. The van der Waals surface area contributed by atoms with Crippen LogP contribution in [0.4, 0.5) is 5.69 Å². The van der Waals surface area contributed by atoms with Gasteiger partial charge in [0.1, 0.15) is 5.75 Å². The molecule has 0 spiro atoms. The maximum absolute atomic E-state index is 12.5. The molecule has 0 aliphatic rings. The number of nitrogens with zero attached hydrogens (tertiary/aromatic N) is 1. The monoisotopic (exact) mass is 367 g/mol. The number of likely N-dealkylation sites (N-methyl/N-ethyl adjacent to an activating group) is 1. The summed E-state index contributed by atoms with van der Waals surface area (Å²) in [5, 5.41) is 0.587. The molecule has 0 aliphatic heterocycles. The summed E-state index contributed by atoms with van der Waals surface area (Å²) in [5.74, 6) is 0.290. The molecule has 0 aliphatic carbocycles. The van der Waals surface area contributed by atoms with Crippen molar-refractivity contribution in [3.63, 3.8) is 0 Å². The summed E-state index contributed by atoms with van der Waals surface area (Å²) in [4.78, 5) is 14.1. The molecule has 2 aromatic rings. The van der Waals surface area contributed by atoms with Crippen LogP contribution in [-0.2, 0) is 14.6 Å². The maximum Gasteiger partial charge on any atom is 0.267 e. The number of hydrogen-bond acceptors (Lipinski definition) is 4. The van der Waals surface area contributed by atoms with Crippen LogP contribution in [0.3, 0.4) is 0 Å². The third-order valence-corrected chi connectivity index (χ3v) is 4.84. The van der Waals surface area contributed by atoms with Crippen LogP contribution in [-0.4, -0.2) is 33.7 Å². The van der Waals surface area contributed by atoms with Crippen LogP contribution in [0.15, 0.2) is 53.4 Å². The number of anilines is 1. The van der Waals surface area contributed by atoms with Crippen LogP contribution in [0.25, 0.3) is 0 Å². The third kappa shape index (κ3) is 4.49. The van der Waals surface area contributed by atoms with Gasteiger partial charge in [-0.3, -0.25) is 4.79 Å². The van der Waals surface area contributed by atoms with E-state index in [0.29, 0.717) is 16.5 Å². The van der Waals surface area contributed by atoms with Crippen LogP contribution in [0.2, 0.25) is 5.02 Å². The topological polar surface area (TPSA) is 63.7 Å². The van der Waals surface area contributed by atoms with Gasteiger partial charge in [0.25, 0.3) is 5.91 Å². The first kappa shape index (κ1) is 18.3. The van der Waals surface area contributed by atoms with Crippen molar-refractivity contribution in [2.45, 2.75) is 17.9 Å². The molecule has 0 heterocycles. The number of sulfone groups is 1. The number of ether oxygens (including phenoxy) is 1. The molecule has 128 valence electrons. The molecule has 5 nitrogen and oxygen atoms in total. The quantitative estimate of drug-likeness (QED) is 0.814. The molecule has 2 aromatic carbocycles. The molecule has 0 bridgehead atoms. The van der Waals surface area contributed by atoms with Gasteiger partial charge in [-0.05, 0) is 55.5 Å². The molecule has 0 fully saturated rings. The average molecular weight is 368 g/mol. The number of carbonyl (C=O) groups is 1. The fourth-order valence-corrected chi connectivity index (χ4v) is 2.84. The normalized spacial score (nSPS) is 12.5. The van der Waals surface area contributed by atoms with Gasteiger partial charge >= 0.3 is 0 Å². The third-order valence-electron chi connectivity index (χ3n) is 3.46. The number of carbonyl (C=O) groups excluding carboxylic acids is 1. The van der Waals surface area contributed by atoms with Crippen LogP contribution in [0.1, 0.15) is 6.92 Å². The summed E-state index contributed by atoms with van der Waals surface area (Å²) in [5.41, 5.74) is 0.582.